The molecule has 3 amide bonds. The lowest BCUT2D eigenvalue weighted by atomic mass is 10.1. The summed E-state index contributed by atoms with van der Waals surface area (Å²) in [5, 5.41) is 12.3. The van der Waals surface area contributed by atoms with Crippen molar-refractivity contribution in [2.75, 3.05) is 6.61 Å². The number of aromatic hydroxyl groups is 1. The van der Waals surface area contributed by atoms with E-state index >= 15 is 0 Å². The van der Waals surface area contributed by atoms with E-state index in [1.165, 1.54) is 6.07 Å². The minimum atomic E-state index is -0.465. The molecule has 7 heteroatoms. The number of carbonyl (C=O) groups is 2. The van der Waals surface area contributed by atoms with Crippen molar-refractivity contribution < 1.29 is 19.4 Å². The number of urea groups is 1. The number of amides is 3. The van der Waals surface area contributed by atoms with Gasteiger partial charge in [0.05, 0.1) is 13.2 Å². The minimum absolute atomic E-state index is 0.0210. The van der Waals surface area contributed by atoms with E-state index in [0.717, 1.165) is 14.9 Å². The highest BCUT2D eigenvalue weighted by Crippen LogP contribution is 2.28. The monoisotopic (exact) mass is 416 g/mol. The van der Waals surface area contributed by atoms with Crippen LogP contribution in [-0.2, 0) is 11.3 Å². The van der Waals surface area contributed by atoms with E-state index in [1.807, 2.05) is 31.2 Å². The number of carbonyl (C=O) groups excluding carboxylic acids is 2. The molecule has 6 nitrogen and oxygen atoms in total. The Morgan fingerprint density at radius 1 is 1.19 bits per heavy atom. The smallest absolute Gasteiger partial charge is 0.329 e. The first-order valence-electron chi connectivity index (χ1n) is 8.02. The molecule has 1 heterocycles. The van der Waals surface area contributed by atoms with Crippen molar-refractivity contribution in [2.24, 2.45) is 0 Å². The molecule has 2 N–H and O–H groups in total. The number of phenolic OH excluding ortho intramolecular Hbond substituents is 1. The largest absolute Gasteiger partial charge is 0.504 e. The maximum Gasteiger partial charge on any atom is 0.329 e. The van der Waals surface area contributed by atoms with Crippen LogP contribution in [0.4, 0.5) is 4.79 Å². The fourth-order valence-corrected chi connectivity index (χ4v) is 2.81. The molecule has 0 atom stereocenters. The molecule has 1 aliphatic heterocycles. The van der Waals surface area contributed by atoms with Crippen LogP contribution in [0.5, 0.6) is 11.5 Å². The molecule has 0 aliphatic carbocycles. The Morgan fingerprint density at radius 3 is 2.62 bits per heavy atom. The van der Waals surface area contributed by atoms with E-state index in [-0.39, 0.29) is 18.0 Å². The highest BCUT2D eigenvalue weighted by molar-refractivity contribution is 9.10. The number of hydrogen-bond acceptors (Lipinski definition) is 4. The molecule has 0 aromatic heterocycles. The van der Waals surface area contributed by atoms with Crippen molar-refractivity contribution in [3.05, 3.63) is 63.8 Å². The van der Waals surface area contributed by atoms with E-state index in [2.05, 4.69) is 21.2 Å². The van der Waals surface area contributed by atoms with Gasteiger partial charge in [0.25, 0.3) is 5.91 Å². The minimum Gasteiger partial charge on any atom is -0.504 e. The van der Waals surface area contributed by atoms with Gasteiger partial charge in [-0.25, -0.2) is 4.79 Å². The summed E-state index contributed by atoms with van der Waals surface area (Å²) >= 11 is 3.35. The topological polar surface area (TPSA) is 78.9 Å². The van der Waals surface area contributed by atoms with E-state index in [1.54, 1.807) is 18.2 Å². The van der Waals surface area contributed by atoms with Gasteiger partial charge in [-0.3, -0.25) is 9.69 Å². The molecule has 0 radical (unpaired) electrons. The highest BCUT2D eigenvalue weighted by Gasteiger charge is 2.33. The SMILES string of the molecule is CCOc1cc(C=C2NC(=O)N(Cc3ccc(Br)cc3)C2=O)ccc1O. The zero-order valence-electron chi connectivity index (χ0n) is 14.0. The Balaban J connectivity index is 1.80. The van der Waals surface area contributed by atoms with Crippen LogP contribution in [0.2, 0.25) is 0 Å². The van der Waals surface area contributed by atoms with Crippen LogP contribution in [0, 0.1) is 0 Å². The number of rotatable bonds is 5. The number of nitrogens with zero attached hydrogens (tertiary/aromatic N) is 1. The summed E-state index contributed by atoms with van der Waals surface area (Å²) in [5.41, 5.74) is 1.67. The third-order valence-corrected chi connectivity index (χ3v) is 4.34. The van der Waals surface area contributed by atoms with Crippen molar-refractivity contribution >= 4 is 33.9 Å². The molecule has 1 saturated heterocycles. The normalized spacial score (nSPS) is 15.5. The van der Waals surface area contributed by atoms with Gasteiger partial charge >= 0.3 is 6.03 Å². The molecule has 134 valence electrons. The lowest BCUT2D eigenvalue weighted by Gasteiger charge is -2.11. The van der Waals surface area contributed by atoms with Crippen molar-refractivity contribution in [3.8, 4) is 11.5 Å². The first-order valence-corrected chi connectivity index (χ1v) is 8.82. The van der Waals surface area contributed by atoms with Gasteiger partial charge in [0.15, 0.2) is 11.5 Å². The maximum atomic E-state index is 12.6. The number of phenols is 1. The molecule has 2 aromatic rings. The molecule has 0 bridgehead atoms. The van der Waals surface area contributed by atoms with Gasteiger partial charge < -0.3 is 15.2 Å². The van der Waals surface area contributed by atoms with E-state index in [4.69, 9.17) is 4.74 Å². The second-order valence-corrected chi connectivity index (χ2v) is 6.58. The van der Waals surface area contributed by atoms with Gasteiger partial charge in [-0.2, -0.15) is 0 Å². The maximum absolute atomic E-state index is 12.6. The van der Waals surface area contributed by atoms with Gasteiger partial charge in [-0.1, -0.05) is 34.1 Å². The van der Waals surface area contributed by atoms with Gasteiger partial charge in [-0.05, 0) is 48.4 Å². The molecule has 2 aromatic carbocycles. The number of ether oxygens (including phenoxy) is 1. The van der Waals surface area contributed by atoms with Crippen LogP contribution in [0.3, 0.4) is 0 Å². The van der Waals surface area contributed by atoms with Gasteiger partial charge in [0.1, 0.15) is 5.70 Å². The molecule has 1 fully saturated rings. The molecule has 0 saturated carbocycles. The van der Waals surface area contributed by atoms with Crippen LogP contribution >= 0.6 is 15.9 Å². The van der Waals surface area contributed by atoms with Crippen LogP contribution in [0.25, 0.3) is 6.08 Å². The standard InChI is InChI=1S/C19H17BrN2O4/c1-2-26-17-10-13(5-8-16(17)23)9-15-18(24)22(19(25)21-15)11-12-3-6-14(20)7-4-12/h3-10,23H,2,11H2,1H3,(H,21,25). The predicted molar refractivity (Wildman–Crippen MR) is 100 cm³/mol. The van der Waals surface area contributed by atoms with E-state index in [9.17, 15) is 14.7 Å². The first kappa shape index (κ1) is 18.0. The Hall–Kier alpha value is -2.80. The van der Waals surface area contributed by atoms with Crippen LogP contribution < -0.4 is 10.1 Å². The zero-order chi connectivity index (χ0) is 18.7. The number of hydrogen-bond donors (Lipinski definition) is 2. The predicted octanol–water partition coefficient (Wildman–Crippen LogP) is 3.65. The molecule has 3 rings (SSSR count). The summed E-state index contributed by atoms with van der Waals surface area (Å²) in [5.74, 6) is -0.0538. The van der Waals surface area contributed by atoms with Crippen molar-refractivity contribution in [1.82, 2.24) is 10.2 Å². The van der Waals surface area contributed by atoms with Crippen LogP contribution in [0.1, 0.15) is 18.1 Å². The average molecular weight is 417 g/mol. The van der Waals surface area contributed by atoms with E-state index < -0.39 is 11.9 Å². The molecule has 0 unspecified atom stereocenters. The van der Waals surface area contributed by atoms with Gasteiger partial charge in [0.2, 0.25) is 0 Å². The second-order valence-electron chi connectivity index (χ2n) is 5.67. The molecule has 26 heavy (non-hydrogen) atoms. The second kappa shape index (κ2) is 7.61. The molecule has 1 aliphatic rings. The van der Waals surface area contributed by atoms with Crippen LogP contribution in [0.15, 0.2) is 52.6 Å². The Morgan fingerprint density at radius 2 is 1.92 bits per heavy atom. The van der Waals surface area contributed by atoms with E-state index in [0.29, 0.717) is 17.9 Å². The Kier molecular flexibility index (Phi) is 5.27. The van der Waals surface area contributed by atoms with Crippen LogP contribution in [-0.4, -0.2) is 28.6 Å². The fraction of sp³-hybridized carbons (Fsp3) is 0.158. The van der Waals surface area contributed by atoms with Gasteiger partial charge in [-0.15, -0.1) is 0 Å². The summed E-state index contributed by atoms with van der Waals surface area (Å²) in [4.78, 5) is 25.9. The highest BCUT2D eigenvalue weighted by atomic mass is 79.9. The number of benzene rings is 2. The number of nitrogens with one attached hydrogen (secondary N) is 1. The quantitative estimate of drug-likeness (QED) is 0.575. The average Bonchev–Trinajstić information content (AvgIpc) is 2.87. The zero-order valence-corrected chi connectivity index (χ0v) is 15.6. The van der Waals surface area contributed by atoms with Crippen molar-refractivity contribution in [2.45, 2.75) is 13.5 Å². The molecule has 0 spiro atoms. The fourth-order valence-electron chi connectivity index (χ4n) is 2.55. The third-order valence-electron chi connectivity index (χ3n) is 3.81. The number of imide groups is 1. The Labute approximate surface area is 159 Å². The lowest BCUT2D eigenvalue weighted by molar-refractivity contribution is -0.123. The first-order chi connectivity index (χ1) is 12.5. The summed E-state index contributed by atoms with van der Waals surface area (Å²) in [7, 11) is 0. The van der Waals surface area contributed by atoms with Crippen molar-refractivity contribution in [1.29, 1.82) is 0 Å². The summed E-state index contributed by atoms with van der Waals surface area (Å²) < 4.78 is 6.26. The summed E-state index contributed by atoms with van der Waals surface area (Å²) in [6.07, 6.45) is 1.56. The lowest BCUT2D eigenvalue weighted by Crippen LogP contribution is -2.30. The Bertz CT molecular complexity index is 878. The third kappa shape index (κ3) is 3.88. The van der Waals surface area contributed by atoms with Crippen molar-refractivity contribution in [3.63, 3.8) is 0 Å². The number of halogens is 1. The molecular formula is C19H17BrN2O4. The molecular weight excluding hydrogens is 400 g/mol. The summed E-state index contributed by atoms with van der Waals surface area (Å²) in [6.45, 7) is 2.41. The summed E-state index contributed by atoms with van der Waals surface area (Å²) in [6, 6.07) is 11.7. The van der Waals surface area contributed by atoms with Gasteiger partial charge in [0, 0.05) is 4.47 Å².